The summed E-state index contributed by atoms with van der Waals surface area (Å²) in [4.78, 5) is 47.2. The van der Waals surface area contributed by atoms with Crippen LogP contribution in [0, 0.1) is 11.8 Å². The van der Waals surface area contributed by atoms with E-state index in [4.69, 9.17) is 0 Å². The normalized spacial score (nSPS) is 16.6. The molecule has 2 N–H and O–H groups in total. The van der Waals surface area contributed by atoms with Gasteiger partial charge in [0.2, 0.25) is 11.8 Å². The van der Waals surface area contributed by atoms with Crippen LogP contribution < -0.4 is 16.3 Å². The lowest BCUT2D eigenvalue weighted by Crippen LogP contribution is -2.44. The van der Waals surface area contributed by atoms with Crippen LogP contribution in [0.4, 0.5) is 13.2 Å². The highest BCUT2D eigenvalue weighted by molar-refractivity contribution is 6.00. The van der Waals surface area contributed by atoms with E-state index in [0.29, 0.717) is 16.6 Å². The monoisotopic (exact) mass is 436 g/mol. The molecule has 1 atom stereocenters. The Morgan fingerprint density at radius 3 is 2.71 bits per heavy atom. The molecule has 1 aliphatic heterocycles. The van der Waals surface area contributed by atoms with Gasteiger partial charge in [0.15, 0.2) is 0 Å². The molecule has 2 aromatic rings. The van der Waals surface area contributed by atoms with E-state index in [1.807, 2.05) is 0 Å². The zero-order chi connectivity index (χ0) is 22.8. The van der Waals surface area contributed by atoms with Crippen molar-refractivity contribution < 1.29 is 27.6 Å². The lowest BCUT2D eigenvalue weighted by molar-refractivity contribution is -0.173. The van der Waals surface area contributed by atoms with Crippen molar-refractivity contribution in [2.75, 3.05) is 6.54 Å². The van der Waals surface area contributed by atoms with Gasteiger partial charge in [0.05, 0.1) is 16.6 Å². The Labute approximate surface area is 174 Å². The van der Waals surface area contributed by atoms with E-state index in [0.717, 1.165) is 0 Å². The maximum Gasteiger partial charge on any atom is 0.471 e. The highest BCUT2D eigenvalue weighted by Gasteiger charge is 2.38. The number of rotatable bonds is 4. The van der Waals surface area contributed by atoms with Gasteiger partial charge in [-0.05, 0) is 25.0 Å². The second-order valence-electron chi connectivity index (χ2n) is 7.01. The smallest absolute Gasteiger partial charge is 0.348 e. The topological polar surface area (TPSA) is 102 Å². The number of benzene rings is 1. The van der Waals surface area contributed by atoms with E-state index >= 15 is 0 Å². The van der Waals surface area contributed by atoms with Crippen LogP contribution in [0.15, 0.2) is 23.0 Å². The number of imide groups is 1. The van der Waals surface area contributed by atoms with Crippen molar-refractivity contribution in [1.82, 2.24) is 19.8 Å². The predicted molar refractivity (Wildman–Crippen MR) is 104 cm³/mol. The van der Waals surface area contributed by atoms with Crippen molar-refractivity contribution >= 4 is 28.8 Å². The quantitative estimate of drug-likeness (QED) is 0.426. The molecule has 1 aliphatic rings. The number of nitrogens with zero attached hydrogens (tertiary/aromatic N) is 2. The first-order valence-corrected chi connectivity index (χ1v) is 9.48. The highest BCUT2D eigenvalue weighted by atomic mass is 19.4. The molecule has 1 saturated heterocycles. The van der Waals surface area contributed by atoms with Crippen LogP contribution in [0.5, 0.6) is 0 Å². The highest BCUT2D eigenvalue weighted by Crippen LogP contribution is 2.24. The Kier molecular flexibility index (Phi) is 6.19. The van der Waals surface area contributed by atoms with E-state index in [1.54, 1.807) is 30.6 Å². The third-order valence-electron chi connectivity index (χ3n) is 4.87. The van der Waals surface area contributed by atoms with E-state index in [9.17, 15) is 32.3 Å². The van der Waals surface area contributed by atoms with Gasteiger partial charge in [-0.2, -0.15) is 13.2 Å². The predicted octanol–water partition coefficient (Wildman–Crippen LogP) is 1.13. The van der Waals surface area contributed by atoms with Crippen molar-refractivity contribution in [1.29, 1.82) is 0 Å². The number of hydrogen-bond donors (Lipinski definition) is 2. The molecule has 3 rings (SSSR count). The lowest BCUT2D eigenvalue weighted by atomic mass is 10.1. The number of aryl methyl sites for hydroxylation is 1. The van der Waals surface area contributed by atoms with Crippen molar-refractivity contribution in [2.24, 2.45) is 7.05 Å². The second-order valence-corrected chi connectivity index (χ2v) is 7.01. The zero-order valence-corrected chi connectivity index (χ0v) is 16.5. The lowest BCUT2D eigenvalue weighted by Gasteiger charge is -2.21. The van der Waals surface area contributed by atoms with Crippen LogP contribution in [0.25, 0.3) is 11.0 Å². The minimum Gasteiger partial charge on any atom is -0.348 e. The summed E-state index contributed by atoms with van der Waals surface area (Å²) in [6.07, 6.45) is -4.12. The Hall–Kier alpha value is -3.55. The number of carbonyl (C=O) groups is 3. The van der Waals surface area contributed by atoms with E-state index in [1.165, 1.54) is 9.13 Å². The SMILES string of the molecule is Cn1c(=O)n(C2CCC(=O)NC2=O)c2cccc(C#CCCCNC(=O)C(F)(F)F)c21. The van der Waals surface area contributed by atoms with Gasteiger partial charge in [-0.15, -0.1) is 0 Å². The first-order chi connectivity index (χ1) is 14.6. The number of aromatic nitrogens is 2. The first-order valence-electron chi connectivity index (χ1n) is 9.48. The average molecular weight is 436 g/mol. The molecule has 1 aromatic carbocycles. The van der Waals surface area contributed by atoms with Gasteiger partial charge in [0.25, 0.3) is 0 Å². The maximum absolute atomic E-state index is 12.8. The molecule has 3 amide bonds. The fourth-order valence-electron chi connectivity index (χ4n) is 3.41. The van der Waals surface area contributed by atoms with Gasteiger partial charge < -0.3 is 5.32 Å². The van der Waals surface area contributed by atoms with Gasteiger partial charge in [0, 0.05) is 26.4 Å². The van der Waals surface area contributed by atoms with Crippen molar-refractivity contribution in [3.05, 3.63) is 34.2 Å². The largest absolute Gasteiger partial charge is 0.471 e. The summed E-state index contributed by atoms with van der Waals surface area (Å²) in [5.74, 6) is 2.81. The zero-order valence-electron chi connectivity index (χ0n) is 16.5. The molecule has 1 aromatic heterocycles. The molecule has 1 unspecified atom stereocenters. The number of carbonyl (C=O) groups excluding carboxylic acids is 3. The Morgan fingerprint density at radius 2 is 2.03 bits per heavy atom. The summed E-state index contributed by atoms with van der Waals surface area (Å²) in [6, 6.07) is 4.24. The Morgan fingerprint density at radius 1 is 1.29 bits per heavy atom. The number of halogens is 3. The summed E-state index contributed by atoms with van der Waals surface area (Å²) < 4.78 is 39.1. The maximum atomic E-state index is 12.8. The summed E-state index contributed by atoms with van der Waals surface area (Å²) in [5, 5.41) is 4.01. The molecular weight excluding hydrogens is 417 g/mol. The van der Waals surface area contributed by atoms with E-state index in [2.05, 4.69) is 17.2 Å². The molecule has 8 nitrogen and oxygen atoms in total. The summed E-state index contributed by atoms with van der Waals surface area (Å²) in [6.45, 7) is -0.165. The van der Waals surface area contributed by atoms with Gasteiger partial charge >= 0.3 is 17.8 Å². The standard InChI is InChI=1S/C20H19F3N4O4/c1-26-16-12(6-3-2-4-11-24-18(30)20(21,22)23)7-5-8-13(16)27(19(26)31)14-9-10-15(28)25-17(14)29/h5,7-8,14H,2,4,9-11H2,1H3,(H,24,30)(H,25,28,29). The number of fused-ring (bicyclic) bond motifs is 1. The molecular formula is C20H19F3N4O4. The minimum absolute atomic E-state index is 0.129. The van der Waals surface area contributed by atoms with Crippen LogP contribution in [0.1, 0.15) is 37.3 Å². The average Bonchev–Trinajstić information content (AvgIpc) is 2.95. The third kappa shape index (κ3) is 4.63. The van der Waals surface area contributed by atoms with Crippen molar-refractivity contribution in [2.45, 2.75) is 37.9 Å². The summed E-state index contributed by atoms with van der Waals surface area (Å²) >= 11 is 0. The molecule has 0 saturated carbocycles. The second kappa shape index (κ2) is 8.67. The fraction of sp³-hybridized carbons (Fsp3) is 0.400. The van der Waals surface area contributed by atoms with Gasteiger partial charge in [-0.3, -0.25) is 28.8 Å². The Balaban J connectivity index is 1.79. The molecule has 31 heavy (non-hydrogen) atoms. The molecule has 2 heterocycles. The number of amides is 3. The molecule has 0 spiro atoms. The number of unbranched alkanes of at least 4 members (excludes halogenated alkanes) is 1. The van der Waals surface area contributed by atoms with Crippen LogP contribution in [0.2, 0.25) is 0 Å². The molecule has 1 fully saturated rings. The molecule has 0 radical (unpaired) electrons. The number of imidazole rings is 1. The fourth-order valence-corrected chi connectivity index (χ4v) is 3.41. The van der Waals surface area contributed by atoms with Crippen LogP contribution >= 0.6 is 0 Å². The molecule has 11 heteroatoms. The summed E-state index contributed by atoms with van der Waals surface area (Å²) in [5.41, 5.74) is 1.09. The van der Waals surface area contributed by atoms with E-state index < -0.39 is 29.7 Å². The first kappa shape index (κ1) is 22.1. The molecule has 164 valence electrons. The number of hydrogen-bond acceptors (Lipinski definition) is 4. The number of para-hydroxylation sites is 1. The molecule has 0 aliphatic carbocycles. The van der Waals surface area contributed by atoms with Crippen LogP contribution in [0.3, 0.4) is 0 Å². The number of piperidine rings is 1. The van der Waals surface area contributed by atoms with Crippen molar-refractivity contribution in [3.63, 3.8) is 0 Å². The number of alkyl halides is 3. The van der Waals surface area contributed by atoms with Crippen LogP contribution in [-0.2, 0) is 21.4 Å². The third-order valence-corrected chi connectivity index (χ3v) is 4.87. The van der Waals surface area contributed by atoms with E-state index in [-0.39, 0.29) is 38.1 Å². The number of nitrogens with one attached hydrogen (secondary N) is 2. The molecule has 0 bridgehead atoms. The minimum atomic E-state index is -4.91. The Bertz CT molecular complexity index is 1170. The van der Waals surface area contributed by atoms with Gasteiger partial charge in [0.1, 0.15) is 6.04 Å². The van der Waals surface area contributed by atoms with Gasteiger partial charge in [-0.1, -0.05) is 17.9 Å². The summed E-state index contributed by atoms with van der Waals surface area (Å²) in [7, 11) is 1.55. The van der Waals surface area contributed by atoms with Crippen molar-refractivity contribution in [3.8, 4) is 11.8 Å². The van der Waals surface area contributed by atoms with Gasteiger partial charge in [-0.25, -0.2) is 4.79 Å². The van der Waals surface area contributed by atoms with Crippen LogP contribution in [-0.4, -0.2) is 39.6 Å².